The first kappa shape index (κ1) is 20.5. The number of nitrogens with one attached hydrogen (secondary N) is 1. The minimum absolute atomic E-state index is 0.0381. The maximum Gasteiger partial charge on any atom is 0.292 e. The minimum Gasteiger partial charge on any atom is -0.497 e. The molecule has 0 bridgehead atoms. The number of carbonyl (C=O) groups is 1. The lowest BCUT2D eigenvalue weighted by molar-refractivity contribution is -0.134. The van der Waals surface area contributed by atoms with Crippen LogP contribution in [0.15, 0.2) is 40.7 Å². The molecule has 1 aromatic carbocycles. The summed E-state index contributed by atoms with van der Waals surface area (Å²) in [5, 5.41) is 0. The highest BCUT2D eigenvalue weighted by Crippen LogP contribution is 2.22. The number of rotatable bonds is 6. The van der Waals surface area contributed by atoms with E-state index in [4.69, 9.17) is 14.2 Å². The molecule has 1 amide bonds. The quantitative estimate of drug-likeness (QED) is 0.764. The Morgan fingerprint density at radius 3 is 2.64 bits per heavy atom. The Morgan fingerprint density at radius 2 is 1.96 bits per heavy atom. The molecule has 8 nitrogen and oxygen atoms in total. The molecule has 1 aromatic rings. The van der Waals surface area contributed by atoms with Crippen molar-refractivity contribution in [3.8, 4) is 5.75 Å². The van der Waals surface area contributed by atoms with Gasteiger partial charge < -0.3 is 19.1 Å². The molecule has 1 fully saturated rings. The number of nitrogens with zero attached hydrogens (tertiary/aromatic N) is 1. The summed E-state index contributed by atoms with van der Waals surface area (Å²) in [5.41, 5.74) is 0. The van der Waals surface area contributed by atoms with Gasteiger partial charge in [0.15, 0.2) is 0 Å². The van der Waals surface area contributed by atoms with Gasteiger partial charge in [-0.3, -0.25) is 4.79 Å². The first-order chi connectivity index (χ1) is 13.4. The topological polar surface area (TPSA) is 94.2 Å². The van der Waals surface area contributed by atoms with Gasteiger partial charge in [0.1, 0.15) is 24.7 Å². The smallest absolute Gasteiger partial charge is 0.292 e. The molecule has 3 rings (SSSR count). The second-order valence-electron chi connectivity index (χ2n) is 6.87. The van der Waals surface area contributed by atoms with Crippen molar-refractivity contribution in [2.75, 3.05) is 40.0 Å². The molecule has 0 radical (unpaired) electrons. The zero-order chi connectivity index (χ0) is 20.1. The highest BCUT2D eigenvalue weighted by atomic mass is 32.2. The van der Waals surface area contributed by atoms with Crippen LogP contribution >= 0.6 is 0 Å². The van der Waals surface area contributed by atoms with E-state index in [9.17, 15) is 13.2 Å². The zero-order valence-electron chi connectivity index (χ0n) is 16.1. The minimum atomic E-state index is -3.61. The summed E-state index contributed by atoms with van der Waals surface area (Å²) in [4.78, 5) is 14.6. The monoisotopic (exact) mass is 410 g/mol. The predicted molar refractivity (Wildman–Crippen MR) is 102 cm³/mol. The Balaban J connectivity index is 1.59. The molecule has 0 aliphatic carbocycles. The summed E-state index contributed by atoms with van der Waals surface area (Å²) in [5.74, 6) is 1.19. The van der Waals surface area contributed by atoms with Crippen molar-refractivity contribution in [3.05, 3.63) is 35.8 Å². The molecule has 154 valence electrons. The summed E-state index contributed by atoms with van der Waals surface area (Å²) in [7, 11) is -2.09. The summed E-state index contributed by atoms with van der Waals surface area (Å²) in [6, 6.07) is 6.23. The standard InChI is InChI=1S/C19H26N2O6S/c1-14-18(27-11-10-26-14)19(22)21-9-3-4-15(13-21)12-20-28(23,24)17-7-5-16(25-2)6-8-17/h5-8,15,20H,3-4,9-13H2,1-2H3/t15-/m1/s1. The van der Waals surface area contributed by atoms with Gasteiger partial charge in [0.2, 0.25) is 15.8 Å². The van der Waals surface area contributed by atoms with Crippen molar-refractivity contribution in [2.45, 2.75) is 24.7 Å². The number of sulfonamides is 1. The van der Waals surface area contributed by atoms with Gasteiger partial charge in [-0.1, -0.05) is 0 Å². The number of piperidine rings is 1. The van der Waals surface area contributed by atoms with Crippen LogP contribution < -0.4 is 9.46 Å². The molecular formula is C19H26N2O6S. The molecule has 1 N–H and O–H groups in total. The number of hydrogen-bond donors (Lipinski definition) is 1. The lowest BCUT2D eigenvalue weighted by atomic mass is 9.98. The maximum atomic E-state index is 12.7. The number of carbonyl (C=O) groups excluding carboxylic acids is 1. The fraction of sp³-hybridized carbons (Fsp3) is 0.526. The fourth-order valence-electron chi connectivity index (χ4n) is 3.34. The zero-order valence-corrected chi connectivity index (χ0v) is 17.0. The first-order valence-electron chi connectivity index (χ1n) is 9.30. The van der Waals surface area contributed by atoms with Crippen molar-refractivity contribution in [1.29, 1.82) is 0 Å². The Labute approximate surface area is 165 Å². The van der Waals surface area contributed by atoms with E-state index in [1.54, 1.807) is 24.0 Å². The van der Waals surface area contributed by atoms with Crippen molar-refractivity contribution in [3.63, 3.8) is 0 Å². The second kappa shape index (κ2) is 8.83. The third kappa shape index (κ3) is 4.77. The predicted octanol–water partition coefficient (Wildman–Crippen LogP) is 1.49. The third-order valence-electron chi connectivity index (χ3n) is 4.90. The van der Waals surface area contributed by atoms with Crippen molar-refractivity contribution in [2.24, 2.45) is 5.92 Å². The Hall–Kier alpha value is -2.26. The molecule has 28 heavy (non-hydrogen) atoms. The van der Waals surface area contributed by atoms with Crippen LogP contribution in [0.5, 0.6) is 5.75 Å². The van der Waals surface area contributed by atoms with Crippen LogP contribution in [0.1, 0.15) is 19.8 Å². The number of amides is 1. The highest BCUT2D eigenvalue weighted by molar-refractivity contribution is 7.89. The van der Waals surface area contributed by atoms with Gasteiger partial charge >= 0.3 is 0 Å². The average Bonchev–Trinajstić information content (AvgIpc) is 2.72. The molecule has 9 heteroatoms. The molecule has 2 aliphatic heterocycles. The van der Waals surface area contributed by atoms with E-state index in [1.807, 2.05) is 0 Å². The second-order valence-corrected chi connectivity index (χ2v) is 8.64. The van der Waals surface area contributed by atoms with Crippen LogP contribution in [-0.2, 0) is 24.3 Å². The van der Waals surface area contributed by atoms with Crippen LogP contribution in [0.4, 0.5) is 0 Å². The number of methoxy groups -OCH3 is 1. The Bertz CT molecular complexity index is 834. The number of benzene rings is 1. The molecule has 2 aliphatic rings. The molecule has 0 unspecified atom stereocenters. The molecule has 1 atom stereocenters. The number of allylic oxidation sites excluding steroid dienone is 1. The van der Waals surface area contributed by atoms with E-state index in [-0.39, 0.29) is 29.0 Å². The molecule has 0 saturated carbocycles. The lowest BCUT2D eigenvalue weighted by Crippen LogP contribution is -2.45. The van der Waals surface area contributed by atoms with Crippen molar-refractivity contribution >= 4 is 15.9 Å². The molecule has 0 aromatic heterocycles. The van der Waals surface area contributed by atoms with Crippen LogP contribution in [0.2, 0.25) is 0 Å². The van der Waals surface area contributed by atoms with Crippen LogP contribution in [0.25, 0.3) is 0 Å². The van der Waals surface area contributed by atoms with Crippen LogP contribution in [0, 0.1) is 5.92 Å². The van der Waals surface area contributed by atoms with Crippen molar-refractivity contribution in [1.82, 2.24) is 9.62 Å². The van der Waals surface area contributed by atoms with E-state index >= 15 is 0 Å². The fourth-order valence-corrected chi connectivity index (χ4v) is 4.46. The largest absolute Gasteiger partial charge is 0.497 e. The van der Waals surface area contributed by atoms with E-state index in [2.05, 4.69) is 4.72 Å². The van der Waals surface area contributed by atoms with Gasteiger partial charge in [-0.05, 0) is 49.9 Å². The summed E-state index contributed by atoms with van der Waals surface area (Å²) in [6.45, 7) is 3.89. The average molecular weight is 410 g/mol. The highest BCUT2D eigenvalue weighted by Gasteiger charge is 2.30. The molecular weight excluding hydrogens is 384 g/mol. The SMILES string of the molecule is COc1ccc(S(=O)(=O)NC[C@H]2CCCN(C(=O)C3=C(C)OCCO3)C2)cc1. The lowest BCUT2D eigenvalue weighted by Gasteiger charge is -2.34. The van der Waals surface area contributed by atoms with Gasteiger partial charge in [-0.15, -0.1) is 0 Å². The Morgan fingerprint density at radius 1 is 1.25 bits per heavy atom. The maximum absolute atomic E-state index is 12.7. The number of hydrogen-bond acceptors (Lipinski definition) is 6. The normalized spacial score (nSPS) is 20.4. The van der Waals surface area contributed by atoms with Crippen LogP contribution in [0.3, 0.4) is 0 Å². The third-order valence-corrected chi connectivity index (χ3v) is 6.34. The van der Waals surface area contributed by atoms with E-state index in [0.29, 0.717) is 37.8 Å². The van der Waals surface area contributed by atoms with E-state index in [0.717, 1.165) is 12.8 Å². The molecule has 0 spiro atoms. The number of ether oxygens (including phenoxy) is 3. The Kier molecular flexibility index (Phi) is 6.46. The molecule has 2 heterocycles. The molecule has 1 saturated heterocycles. The van der Waals surface area contributed by atoms with E-state index < -0.39 is 10.0 Å². The summed E-state index contributed by atoms with van der Waals surface area (Å²) in [6.07, 6.45) is 1.66. The van der Waals surface area contributed by atoms with Gasteiger partial charge in [0.05, 0.1) is 12.0 Å². The van der Waals surface area contributed by atoms with Crippen LogP contribution in [-0.4, -0.2) is 59.2 Å². The van der Waals surface area contributed by atoms with Gasteiger partial charge in [-0.25, -0.2) is 13.1 Å². The van der Waals surface area contributed by atoms with Gasteiger partial charge in [0.25, 0.3) is 5.91 Å². The number of likely N-dealkylation sites (tertiary alicyclic amines) is 1. The van der Waals surface area contributed by atoms with Gasteiger partial charge in [-0.2, -0.15) is 0 Å². The van der Waals surface area contributed by atoms with E-state index in [1.165, 1.54) is 19.2 Å². The first-order valence-corrected chi connectivity index (χ1v) is 10.8. The van der Waals surface area contributed by atoms with Crippen molar-refractivity contribution < 1.29 is 27.4 Å². The summed E-state index contributed by atoms with van der Waals surface area (Å²) < 4.78 is 43.6. The summed E-state index contributed by atoms with van der Waals surface area (Å²) >= 11 is 0. The van der Waals surface area contributed by atoms with Gasteiger partial charge in [0, 0.05) is 19.6 Å².